The van der Waals surface area contributed by atoms with E-state index in [1.165, 1.54) is 12.1 Å². The molecule has 5 rings (SSSR count). The van der Waals surface area contributed by atoms with Gasteiger partial charge in [-0.3, -0.25) is 9.59 Å². The monoisotopic (exact) mass is 407 g/mol. The normalized spacial score (nSPS) is 23.2. The molecule has 0 saturated carbocycles. The quantitative estimate of drug-likeness (QED) is 0.654. The third-order valence-corrected chi connectivity index (χ3v) is 6.26. The molecule has 0 radical (unpaired) electrons. The summed E-state index contributed by atoms with van der Waals surface area (Å²) in [6.07, 6.45) is 5.11. The molecule has 2 aliphatic heterocycles. The Morgan fingerprint density at radius 1 is 1.17 bits per heavy atom. The number of benzene rings is 1. The van der Waals surface area contributed by atoms with Crippen molar-refractivity contribution in [1.82, 2.24) is 24.4 Å². The summed E-state index contributed by atoms with van der Waals surface area (Å²) in [5.74, 6) is -0.236. The van der Waals surface area contributed by atoms with E-state index >= 15 is 0 Å². The van der Waals surface area contributed by atoms with E-state index in [0.717, 1.165) is 11.1 Å². The van der Waals surface area contributed by atoms with Crippen LogP contribution >= 0.6 is 0 Å². The van der Waals surface area contributed by atoms with Gasteiger partial charge in [-0.05, 0) is 30.2 Å². The van der Waals surface area contributed by atoms with Crippen LogP contribution in [-0.2, 0) is 4.79 Å². The van der Waals surface area contributed by atoms with Crippen molar-refractivity contribution in [2.24, 2.45) is 11.8 Å². The van der Waals surface area contributed by atoms with E-state index < -0.39 is 0 Å². The average molecular weight is 407 g/mol. The third-order valence-electron chi connectivity index (χ3n) is 6.26. The van der Waals surface area contributed by atoms with E-state index in [0.29, 0.717) is 30.8 Å². The smallest absolute Gasteiger partial charge is 0.259 e. The molecule has 4 heterocycles. The molecule has 2 aromatic heterocycles. The minimum Gasteiger partial charge on any atom is -0.338 e. The summed E-state index contributed by atoms with van der Waals surface area (Å²) in [7, 11) is 0. The van der Waals surface area contributed by atoms with Crippen LogP contribution < -0.4 is 0 Å². The summed E-state index contributed by atoms with van der Waals surface area (Å²) in [6, 6.07) is 6.18. The molecule has 2 amide bonds. The van der Waals surface area contributed by atoms with Gasteiger partial charge in [0.15, 0.2) is 5.65 Å². The van der Waals surface area contributed by atoms with E-state index in [4.69, 9.17) is 0 Å². The highest BCUT2D eigenvalue weighted by atomic mass is 19.1. The number of hydrogen-bond donors (Lipinski definition) is 0. The summed E-state index contributed by atoms with van der Waals surface area (Å²) in [4.78, 5) is 33.5. The van der Waals surface area contributed by atoms with Crippen LogP contribution in [0.5, 0.6) is 0 Å². The van der Waals surface area contributed by atoms with Crippen molar-refractivity contribution in [2.75, 3.05) is 19.6 Å². The van der Waals surface area contributed by atoms with Gasteiger partial charge < -0.3 is 9.80 Å². The largest absolute Gasteiger partial charge is 0.338 e. The van der Waals surface area contributed by atoms with Gasteiger partial charge in [-0.2, -0.15) is 5.10 Å². The molecule has 30 heavy (non-hydrogen) atoms. The van der Waals surface area contributed by atoms with Gasteiger partial charge in [-0.15, -0.1) is 0 Å². The maximum Gasteiger partial charge on any atom is 0.259 e. The van der Waals surface area contributed by atoms with Gasteiger partial charge >= 0.3 is 0 Å². The number of fused-ring (bicyclic) bond motifs is 2. The Balaban J connectivity index is 1.44. The molecule has 154 valence electrons. The number of likely N-dealkylation sites (tertiary alicyclic amines) is 2. The molecule has 0 N–H and O–H groups in total. The molecule has 2 fully saturated rings. The van der Waals surface area contributed by atoms with Gasteiger partial charge in [0, 0.05) is 50.8 Å². The van der Waals surface area contributed by atoms with Crippen LogP contribution in [0.25, 0.3) is 5.65 Å². The van der Waals surface area contributed by atoms with E-state index in [1.807, 2.05) is 29.0 Å². The maximum absolute atomic E-state index is 13.9. The Hall–Kier alpha value is -3.29. The standard InChI is InChI=1S/C22H22FN5O2/c1-13-7-24-21-18(8-25-28(21)9-13)22(30)26-10-16-11-27(14(2)29)20(19(16)12-26)15-4-3-5-17(23)6-15/h3-9,16,19-20H,10-12H2,1-2H3/t16-,19-,20+/m1/s1. The first-order chi connectivity index (χ1) is 14.4. The molecule has 2 aliphatic rings. The van der Waals surface area contributed by atoms with Crippen molar-refractivity contribution in [2.45, 2.75) is 19.9 Å². The molecule has 7 nitrogen and oxygen atoms in total. The number of halogens is 1. The van der Waals surface area contributed by atoms with E-state index in [-0.39, 0.29) is 35.5 Å². The minimum atomic E-state index is -0.321. The molecule has 3 atom stereocenters. The fourth-order valence-electron chi connectivity index (χ4n) is 4.94. The van der Waals surface area contributed by atoms with Gasteiger partial charge in [0.05, 0.1) is 12.2 Å². The van der Waals surface area contributed by atoms with E-state index in [9.17, 15) is 14.0 Å². The van der Waals surface area contributed by atoms with Gasteiger partial charge in [-0.1, -0.05) is 12.1 Å². The Kier molecular flexibility index (Phi) is 4.30. The Bertz CT molecular complexity index is 1160. The number of aryl methyl sites for hydroxylation is 1. The van der Waals surface area contributed by atoms with Crippen LogP contribution in [0.15, 0.2) is 42.9 Å². The van der Waals surface area contributed by atoms with Crippen LogP contribution in [0, 0.1) is 24.6 Å². The second kappa shape index (κ2) is 6.90. The van der Waals surface area contributed by atoms with Crippen molar-refractivity contribution in [1.29, 1.82) is 0 Å². The van der Waals surface area contributed by atoms with Crippen molar-refractivity contribution < 1.29 is 14.0 Å². The van der Waals surface area contributed by atoms with Gasteiger partial charge in [0.25, 0.3) is 5.91 Å². The molecule has 3 aromatic rings. The number of carbonyl (C=O) groups is 2. The second-order valence-corrected chi connectivity index (χ2v) is 8.26. The number of carbonyl (C=O) groups excluding carboxylic acids is 2. The Morgan fingerprint density at radius 2 is 2.00 bits per heavy atom. The second-order valence-electron chi connectivity index (χ2n) is 8.26. The maximum atomic E-state index is 13.9. The number of rotatable bonds is 2. The van der Waals surface area contributed by atoms with Crippen LogP contribution in [0.4, 0.5) is 4.39 Å². The first-order valence-electron chi connectivity index (χ1n) is 10.0. The highest BCUT2D eigenvalue weighted by molar-refractivity contribution is 5.99. The lowest BCUT2D eigenvalue weighted by molar-refractivity contribution is -0.130. The number of amides is 2. The fraction of sp³-hybridized carbons (Fsp3) is 0.364. The highest BCUT2D eigenvalue weighted by Crippen LogP contribution is 2.45. The lowest BCUT2D eigenvalue weighted by Gasteiger charge is -2.29. The van der Waals surface area contributed by atoms with Crippen LogP contribution in [0.3, 0.4) is 0 Å². The first kappa shape index (κ1) is 18.7. The van der Waals surface area contributed by atoms with Gasteiger partial charge in [-0.25, -0.2) is 13.9 Å². The molecule has 0 spiro atoms. The van der Waals surface area contributed by atoms with Crippen molar-refractivity contribution in [3.8, 4) is 0 Å². The number of aromatic nitrogens is 3. The molecule has 0 aliphatic carbocycles. The lowest BCUT2D eigenvalue weighted by atomic mass is 9.89. The van der Waals surface area contributed by atoms with E-state index in [1.54, 1.807) is 29.9 Å². The first-order valence-corrected chi connectivity index (χ1v) is 10.0. The van der Waals surface area contributed by atoms with Gasteiger partial charge in [0.2, 0.25) is 5.91 Å². The summed E-state index contributed by atoms with van der Waals surface area (Å²) in [5, 5.41) is 4.26. The molecule has 2 saturated heterocycles. The minimum absolute atomic E-state index is 0.0289. The number of nitrogens with zero attached hydrogens (tertiary/aromatic N) is 5. The Morgan fingerprint density at radius 3 is 2.77 bits per heavy atom. The molecule has 0 bridgehead atoms. The summed E-state index contributed by atoms with van der Waals surface area (Å²) < 4.78 is 15.5. The topological polar surface area (TPSA) is 70.8 Å². The predicted molar refractivity (Wildman–Crippen MR) is 107 cm³/mol. The van der Waals surface area contributed by atoms with E-state index in [2.05, 4.69) is 10.1 Å². The van der Waals surface area contributed by atoms with Crippen molar-refractivity contribution >= 4 is 17.5 Å². The fourth-order valence-corrected chi connectivity index (χ4v) is 4.94. The summed E-state index contributed by atoms with van der Waals surface area (Å²) >= 11 is 0. The number of hydrogen-bond acceptors (Lipinski definition) is 4. The third kappa shape index (κ3) is 2.94. The van der Waals surface area contributed by atoms with Crippen LogP contribution in [-0.4, -0.2) is 55.8 Å². The zero-order valence-corrected chi connectivity index (χ0v) is 16.8. The average Bonchev–Trinajstić information content (AvgIpc) is 3.39. The zero-order valence-electron chi connectivity index (χ0n) is 16.8. The van der Waals surface area contributed by atoms with Crippen LogP contribution in [0.1, 0.15) is 34.5 Å². The zero-order chi connectivity index (χ0) is 21.0. The lowest BCUT2D eigenvalue weighted by Crippen LogP contribution is -2.36. The predicted octanol–water partition coefficient (Wildman–Crippen LogP) is 2.47. The van der Waals surface area contributed by atoms with Gasteiger partial charge in [0.1, 0.15) is 11.4 Å². The molecule has 0 unspecified atom stereocenters. The molecule has 8 heteroatoms. The Labute approximate surface area is 173 Å². The molecular formula is C22H22FN5O2. The van der Waals surface area contributed by atoms with Crippen molar-refractivity contribution in [3.05, 3.63) is 65.4 Å². The summed E-state index contributed by atoms with van der Waals surface area (Å²) in [6.45, 7) is 5.10. The summed E-state index contributed by atoms with van der Waals surface area (Å²) in [5.41, 5.74) is 2.75. The SMILES string of the molecule is CC(=O)N1C[C@H]2CN(C(=O)c3cnn4cc(C)cnc34)C[C@H]2[C@@H]1c1cccc(F)c1. The van der Waals surface area contributed by atoms with Crippen molar-refractivity contribution in [3.63, 3.8) is 0 Å². The van der Waals surface area contributed by atoms with Crippen LogP contribution in [0.2, 0.25) is 0 Å². The molecule has 1 aromatic carbocycles. The molecular weight excluding hydrogens is 385 g/mol. The highest BCUT2D eigenvalue weighted by Gasteiger charge is 2.49.